The van der Waals surface area contributed by atoms with Gasteiger partial charge in [0.15, 0.2) is 16.7 Å². The maximum atomic E-state index is 13.1. The minimum atomic E-state index is -0.316. The summed E-state index contributed by atoms with van der Waals surface area (Å²) in [5.41, 5.74) is 2.15. The lowest BCUT2D eigenvalue weighted by Crippen LogP contribution is -2.19. The molecule has 0 aliphatic carbocycles. The maximum absolute atomic E-state index is 13.1. The van der Waals surface area contributed by atoms with E-state index in [1.165, 1.54) is 31.0 Å². The number of methoxy groups -OCH3 is 1. The lowest BCUT2D eigenvalue weighted by Gasteiger charge is -2.13. The van der Waals surface area contributed by atoms with E-state index in [4.69, 9.17) is 25.8 Å². The van der Waals surface area contributed by atoms with Gasteiger partial charge in [0.1, 0.15) is 18.2 Å². The fraction of sp³-hybridized carbons (Fsp3) is 0.154. The highest BCUT2D eigenvalue weighted by Gasteiger charge is 2.24. The van der Waals surface area contributed by atoms with Gasteiger partial charge >= 0.3 is 0 Å². The molecule has 0 radical (unpaired) electrons. The summed E-state index contributed by atoms with van der Waals surface area (Å²) in [7, 11) is 1.51. The Morgan fingerprint density at radius 3 is 2.51 bits per heavy atom. The zero-order valence-corrected chi connectivity index (χ0v) is 20.6. The van der Waals surface area contributed by atoms with Crippen molar-refractivity contribution in [2.45, 2.75) is 13.5 Å². The van der Waals surface area contributed by atoms with E-state index in [9.17, 15) is 9.18 Å². The van der Waals surface area contributed by atoms with Gasteiger partial charge in [-0.05, 0) is 84.4 Å². The second kappa shape index (κ2) is 11.3. The fourth-order valence-corrected chi connectivity index (χ4v) is 4.35. The molecule has 0 spiro atoms. The van der Waals surface area contributed by atoms with E-state index in [0.29, 0.717) is 44.5 Å². The molecule has 0 atom stereocenters. The first-order valence-corrected chi connectivity index (χ1v) is 11.9. The molecule has 4 rings (SSSR count). The van der Waals surface area contributed by atoms with Crippen molar-refractivity contribution in [1.29, 1.82) is 0 Å². The zero-order chi connectivity index (χ0) is 24.8. The smallest absolute Gasteiger partial charge is 0.264 e. The quantitative estimate of drug-likeness (QED) is 0.356. The van der Waals surface area contributed by atoms with Gasteiger partial charge in [0.25, 0.3) is 5.91 Å². The van der Waals surface area contributed by atoms with Crippen LogP contribution in [0.2, 0.25) is 5.02 Å². The number of thioether (sulfide) groups is 1. The Morgan fingerprint density at radius 1 is 1.09 bits per heavy atom. The van der Waals surface area contributed by atoms with Gasteiger partial charge in [-0.3, -0.25) is 4.79 Å². The van der Waals surface area contributed by atoms with Gasteiger partial charge in [0.05, 0.1) is 29.3 Å². The SMILES string of the molecule is CCOc1ccc(N=C2NC(=O)/C(=C\c3cc(Cl)c(OCc4ccc(F)cc4)c(OC)c3)S2)cc1. The van der Waals surface area contributed by atoms with E-state index >= 15 is 0 Å². The highest BCUT2D eigenvalue weighted by atomic mass is 35.5. The Bertz CT molecular complexity index is 1280. The number of nitrogens with one attached hydrogen (secondary N) is 1. The number of rotatable bonds is 8. The van der Waals surface area contributed by atoms with Crippen LogP contribution in [0.15, 0.2) is 70.6 Å². The number of carbonyl (C=O) groups is 1. The Labute approximate surface area is 211 Å². The molecule has 0 bridgehead atoms. The van der Waals surface area contributed by atoms with Crippen molar-refractivity contribution in [3.63, 3.8) is 0 Å². The maximum Gasteiger partial charge on any atom is 0.264 e. The summed E-state index contributed by atoms with van der Waals surface area (Å²) in [6.45, 7) is 2.70. The first-order chi connectivity index (χ1) is 16.9. The monoisotopic (exact) mass is 512 g/mol. The molecule has 6 nitrogen and oxygen atoms in total. The largest absolute Gasteiger partial charge is 0.494 e. The average Bonchev–Trinajstić information content (AvgIpc) is 3.18. The molecule has 35 heavy (non-hydrogen) atoms. The summed E-state index contributed by atoms with van der Waals surface area (Å²) in [4.78, 5) is 17.4. The number of carbonyl (C=O) groups excluding carboxylic acids is 1. The van der Waals surface area contributed by atoms with Crippen LogP contribution in [0, 0.1) is 5.82 Å². The molecule has 1 N–H and O–H groups in total. The minimum Gasteiger partial charge on any atom is -0.494 e. The molecule has 1 heterocycles. The summed E-state index contributed by atoms with van der Waals surface area (Å²) in [5.74, 6) is 0.964. The highest BCUT2D eigenvalue weighted by Crippen LogP contribution is 2.38. The molecular formula is C26H22ClFN2O4S. The van der Waals surface area contributed by atoms with Crippen LogP contribution in [0.4, 0.5) is 10.1 Å². The second-order valence-electron chi connectivity index (χ2n) is 7.36. The van der Waals surface area contributed by atoms with Crippen LogP contribution in [0.5, 0.6) is 17.2 Å². The van der Waals surface area contributed by atoms with Gasteiger partial charge in [-0.25, -0.2) is 9.38 Å². The van der Waals surface area contributed by atoms with Gasteiger partial charge < -0.3 is 19.5 Å². The van der Waals surface area contributed by atoms with E-state index in [0.717, 1.165) is 11.3 Å². The average molecular weight is 513 g/mol. The molecule has 1 aliphatic rings. The lowest BCUT2D eigenvalue weighted by molar-refractivity contribution is -0.115. The summed E-state index contributed by atoms with van der Waals surface area (Å²) >= 11 is 7.69. The topological polar surface area (TPSA) is 69.2 Å². The number of ether oxygens (including phenoxy) is 3. The molecule has 0 saturated carbocycles. The molecule has 1 amide bonds. The minimum absolute atomic E-state index is 0.195. The van der Waals surface area contributed by atoms with Crippen molar-refractivity contribution in [1.82, 2.24) is 5.32 Å². The van der Waals surface area contributed by atoms with Crippen molar-refractivity contribution in [3.05, 3.63) is 87.5 Å². The molecule has 1 saturated heterocycles. The lowest BCUT2D eigenvalue weighted by atomic mass is 10.1. The first kappa shape index (κ1) is 24.6. The third-order valence-corrected chi connectivity index (χ3v) is 6.07. The summed E-state index contributed by atoms with van der Waals surface area (Å²) in [6.07, 6.45) is 1.71. The van der Waals surface area contributed by atoms with Crippen LogP contribution < -0.4 is 19.5 Å². The van der Waals surface area contributed by atoms with E-state index in [-0.39, 0.29) is 18.3 Å². The first-order valence-electron chi connectivity index (χ1n) is 10.7. The molecule has 180 valence electrons. The molecule has 1 fully saturated rings. The van der Waals surface area contributed by atoms with Crippen LogP contribution in [-0.4, -0.2) is 24.8 Å². The van der Waals surface area contributed by atoms with Crippen LogP contribution >= 0.6 is 23.4 Å². The fourth-order valence-electron chi connectivity index (χ4n) is 3.23. The molecular weight excluding hydrogens is 491 g/mol. The van der Waals surface area contributed by atoms with E-state index < -0.39 is 0 Å². The van der Waals surface area contributed by atoms with Crippen molar-refractivity contribution >= 4 is 46.2 Å². The van der Waals surface area contributed by atoms with Crippen molar-refractivity contribution in [3.8, 4) is 17.2 Å². The Kier molecular flexibility index (Phi) is 7.94. The normalized spacial score (nSPS) is 15.4. The summed E-state index contributed by atoms with van der Waals surface area (Å²) in [6, 6.07) is 16.7. The predicted octanol–water partition coefficient (Wildman–Crippen LogP) is 6.36. The number of hydrogen-bond donors (Lipinski definition) is 1. The Balaban J connectivity index is 1.49. The van der Waals surface area contributed by atoms with Gasteiger partial charge in [0, 0.05) is 0 Å². The number of aliphatic imine (C=N–C) groups is 1. The predicted molar refractivity (Wildman–Crippen MR) is 137 cm³/mol. The molecule has 3 aromatic rings. The third kappa shape index (κ3) is 6.35. The number of benzene rings is 3. The van der Waals surface area contributed by atoms with Crippen molar-refractivity contribution in [2.75, 3.05) is 13.7 Å². The van der Waals surface area contributed by atoms with Gasteiger partial charge in [-0.1, -0.05) is 23.7 Å². The van der Waals surface area contributed by atoms with Crippen LogP contribution in [0.1, 0.15) is 18.1 Å². The molecule has 0 unspecified atom stereocenters. The number of nitrogens with zero attached hydrogens (tertiary/aromatic N) is 1. The standard InChI is InChI=1S/C26H22ClFN2O4S/c1-3-33-20-10-8-19(9-11-20)29-26-30-25(31)23(35-26)14-17-12-21(27)24(22(13-17)32-2)34-15-16-4-6-18(28)7-5-16/h4-14H,3,15H2,1-2H3,(H,29,30,31)/b23-14+. The van der Waals surface area contributed by atoms with E-state index in [1.807, 2.05) is 31.2 Å². The van der Waals surface area contributed by atoms with Gasteiger partial charge in [0.2, 0.25) is 0 Å². The van der Waals surface area contributed by atoms with Crippen LogP contribution in [-0.2, 0) is 11.4 Å². The number of amides is 1. The highest BCUT2D eigenvalue weighted by molar-refractivity contribution is 8.18. The van der Waals surface area contributed by atoms with Crippen molar-refractivity contribution in [2.24, 2.45) is 4.99 Å². The molecule has 9 heteroatoms. The second-order valence-corrected chi connectivity index (χ2v) is 8.80. The zero-order valence-electron chi connectivity index (χ0n) is 19.0. The molecule has 1 aliphatic heterocycles. The Morgan fingerprint density at radius 2 is 1.83 bits per heavy atom. The molecule has 3 aromatic carbocycles. The molecule has 0 aromatic heterocycles. The van der Waals surface area contributed by atoms with Gasteiger partial charge in [-0.2, -0.15) is 0 Å². The Hall–Kier alpha value is -3.49. The summed E-state index contributed by atoms with van der Waals surface area (Å²) in [5, 5.41) is 3.57. The van der Waals surface area contributed by atoms with E-state index in [1.54, 1.807) is 30.3 Å². The van der Waals surface area contributed by atoms with Gasteiger partial charge in [-0.15, -0.1) is 0 Å². The number of amidine groups is 1. The van der Waals surface area contributed by atoms with E-state index in [2.05, 4.69) is 10.3 Å². The van der Waals surface area contributed by atoms with Crippen molar-refractivity contribution < 1.29 is 23.4 Å². The number of hydrogen-bond acceptors (Lipinski definition) is 6. The third-order valence-electron chi connectivity index (χ3n) is 4.88. The van der Waals surface area contributed by atoms with Crippen LogP contribution in [0.25, 0.3) is 6.08 Å². The number of halogens is 2. The van der Waals surface area contributed by atoms with Crippen LogP contribution in [0.3, 0.4) is 0 Å². The summed E-state index contributed by atoms with van der Waals surface area (Å²) < 4.78 is 29.8.